The van der Waals surface area contributed by atoms with Crippen molar-refractivity contribution in [2.75, 3.05) is 30.0 Å². The molecule has 0 saturated heterocycles. The molecule has 120 valence electrons. The maximum absolute atomic E-state index is 12.1. The summed E-state index contributed by atoms with van der Waals surface area (Å²) in [6.07, 6.45) is 0.815. The predicted molar refractivity (Wildman–Crippen MR) is 95.5 cm³/mol. The summed E-state index contributed by atoms with van der Waals surface area (Å²) in [4.78, 5) is 29.3. The maximum atomic E-state index is 12.1. The first kappa shape index (κ1) is 17.4. The average Bonchev–Trinajstić information content (AvgIpc) is 3.14. The lowest BCUT2D eigenvalue weighted by Gasteiger charge is -2.05. The number of carbonyl (C=O) groups is 2. The monoisotopic (exact) mass is 358 g/mol. The topological polar surface area (TPSA) is 67.8 Å². The Hall–Kier alpha value is -0.990. The highest BCUT2D eigenvalue weighted by Gasteiger charge is 2.19. The van der Waals surface area contributed by atoms with E-state index in [1.165, 1.54) is 23.1 Å². The minimum Gasteiger partial charge on any atom is -0.462 e. The normalized spacial score (nSPS) is 13.8. The van der Waals surface area contributed by atoms with E-state index in [1.54, 1.807) is 24.8 Å². The predicted octanol–water partition coefficient (Wildman–Crippen LogP) is 3.26. The van der Waals surface area contributed by atoms with Crippen molar-refractivity contribution in [1.82, 2.24) is 0 Å². The molecule has 1 aromatic rings. The molecular weight excluding hydrogens is 340 g/mol. The lowest BCUT2D eigenvalue weighted by Crippen LogP contribution is -2.16. The molecule has 0 spiro atoms. The largest absolute Gasteiger partial charge is 0.462 e. The van der Waals surface area contributed by atoms with Crippen molar-refractivity contribution in [2.45, 2.75) is 20.3 Å². The van der Waals surface area contributed by atoms with Gasteiger partial charge in [-0.05, 0) is 19.4 Å². The summed E-state index contributed by atoms with van der Waals surface area (Å²) in [6.45, 7) is 4.92. The zero-order valence-electron chi connectivity index (χ0n) is 12.5. The van der Waals surface area contributed by atoms with Crippen LogP contribution in [0.1, 0.15) is 29.1 Å². The second-order valence-electron chi connectivity index (χ2n) is 4.36. The number of aliphatic imine (C=N–C) groups is 1. The van der Waals surface area contributed by atoms with Gasteiger partial charge >= 0.3 is 5.97 Å². The summed E-state index contributed by atoms with van der Waals surface area (Å²) in [5, 5.41) is 3.39. The molecule has 0 fully saturated rings. The Labute approximate surface area is 142 Å². The Kier molecular flexibility index (Phi) is 6.78. The lowest BCUT2D eigenvalue weighted by atomic mass is 10.2. The maximum Gasteiger partial charge on any atom is 0.341 e. The number of rotatable bonds is 6. The first-order valence-corrected chi connectivity index (χ1v) is 9.82. The Balaban J connectivity index is 1.99. The zero-order valence-corrected chi connectivity index (χ0v) is 15.0. The summed E-state index contributed by atoms with van der Waals surface area (Å²) in [5.74, 6) is 0.766. The van der Waals surface area contributed by atoms with E-state index >= 15 is 0 Å². The number of carbonyl (C=O) groups excluding carboxylic acids is 2. The number of thiophene rings is 1. The van der Waals surface area contributed by atoms with Crippen LogP contribution < -0.4 is 5.32 Å². The quantitative estimate of drug-likeness (QED) is 0.791. The summed E-state index contributed by atoms with van der Waals surface area (Å²) in [6, 6.07) is 1.79. The van der Waals surface area contributed by atoms with Crippen molar-refractivity contribution in [1.29, 1.82) is 0 Å². The highest BCUT2D eigenvalue weighted by Crippen LogP contribution is 2.30. The van der Waals surface area contributed by atoms with E-state index in [4.69, 9.17) is 4.74 Å². The highest BCUT2D eigenvalue weighted by molar-refractivity contribution is 8.39. The van der Waals surface area contributed by atoms with Gasteiger partial charge in [-0.2, -0.15) is 0 Å². The van der Waals surface area contributed by atoms with Crippen molar-refractivity contribution in [3.05, 3.63) is 16.5 Å². The number of hydrogen-bond donors (Lipinski definition) is 1. The van der Waals surface area contributed by atoms with Gasteiger partial charge in [-0.25, -0.2) is 4.79 Å². The number of hydrogen-bond acceptors (Lipinski definition) is 7. The van der Waals surface area contributed by atoms with Gasteiger partial charge in [0.1, 0.15) is 9.38 Å². The molecule has 0 unspecified atom stereocenters. The summed E-state index contributed by atoms with van der Waals surface area (Å²) >= 11 is 4.53. The van der Waals surface area contributed by atoms with Crippen LogP contribution in [-0.2, 0) is 16.0 Å². The molecule has 8 heteroatoms. The third-order valence-electron chi connectivity index (χ3n) is 2.76. The molecule has 22 heavy (non-hydrogen) atoms. The highest BCUT2D eigenvalue weighted by atomic mass is 32.2. The Morgan fingerprint density at radius 3 is 2.91 bits per heavy atom. The summed E-state index contributed by atoms with van der Waals surface area (Å²) in [7, 11) is 0. The molecule has 0 aromatic carbocycles. The van der Waals surface area contributed by atoms with E-state index in [9.17, 15) is 9.59 Å². The van der Waals surface area contributed by atoms with Crippen LogP contribution in [0.15, 0.2) is 11.1 Å². The number of amides is 1. The molecule has 0 saturated carbocycles. The number of nitrogens with zero attached hydrogens (tertiary/aromatic N) is 1. The van der Waals surface area contributed by atoms with Gasteiger partial charge in [-0.3, -0.25) is 9.79 Å². The van der Waals surface area contributed by atoms with E-state index in [2.05, 4.69) is 10.3 Å². The molecule has 0 bridgehead atoms. The third-order valence-corrected chi connectivity index (χ3v) is 6.21. The minimum absolute atomic E-state index is 0.129. The molecule has 2 rings (SSSR count). The third kappa shape index (κ3) is 4.76. The van der Waals surface area contributed by atoms with Crippen molar-refractivity contribution in [3.63, 3.8) is 0 Å². The van der Waals surface area contributed by atoms with E-state index < -0.39 is 5.97 Å². The second-order valence-corrected chi connectivity index (χ2v) is 7.81. The number of thioether (sulfide) groups is 2. The Bertz CT molecular complexity index is 584. The van der Waals surface area contributed by atoms with Crippen molar-refractivity contribution in [2.24, 2.45) is 4.99 Å². The van der Waals surface area contributed by atoms with E-state index in [0.717, 1.165) is 28.0 Å². The van der Waals surface area contributed by atoms with Crippen molar-refractivity contribution >= 4 is 56.1 Å². The Morgan fingerprint density at radius 1 is 1.45 bits per heavy atom. The number of ether oxygens (including phenoxy) is 1. The van der Waals surface area contributed by atoms with Crippen LogP contribution in [0.4, 0.5) is 5.00 Å². The summed E-state index contributed by atoms with van der Waals surface area (Å²) < 4.78 is 6.00. The van der Waals surface area contributed by atoms with Crippen LogP contribution in [0.5, 0.6) is 0 Å². The standard InChI is InChI=1S/C14H18N2O3S3/c1-3-9-7-10(13(18)19-4-2)12(22-9)16-11(17)8-21-14-15-5-6-20-14/h7H,3-6,8H2,1-2H3,(H,16,17). The lowest BCUT2D eigenvalue weighted by molar-refractivity contribution is -0.113. The molecule has 5 nitrogen and oxygen atoms in total. The first-order valence-electron chi connectivity index (χ1n) is 7.03. The van der Waals surface area contributed by atoms with Crippen LogP contribution >= 0.6 is 34.9 Å². The van der Waals surface area contributed by atoms with Crippen LogP contribution in [0, 0.1) is 0 Å². The molecule has 0 atom stereocenters. The average molecular weight is 359 g/mol. The molecule has 0 aliphatic carbocycles. The van der Waals surface area contributed by atoms with Crippen molar-refractivity contribution in [3.8, 4) is 0 Å². The van der Waals surface area contributed by atoms with Gasteiger partial charge in [-0.15, -0.1) is 11.3 Å². The van der Waals surface area contributed by atoms with Crippen LogP contribution in [0.25, 0.3) is 0 Å². The van der Waals surface area contributed by atoms with Gasteiger partial charge in [0.25, 0.3) is 0 Å². The number of anilines is 1. The first-order chi connectivity index (χ1) is 10.6. The molecule has 0 radical (unpaired) electrons. The fraction of sp³-hybridized carbons (Fsp3) is 0.500. The van der Waals surface area contributed by atoms with Gasteiger partial charge < -0.3 is 10.1 Å². The molecular formula is C14H18N2O3S3. The van der Waals surface area contributed by atoms with Crippen LogP contribution in [-0.4, -0.2) is 40.9 Å². The fourth-order valence-electron chi connectivity index (χ4n) is 1.76. The molecule has 1 aromatic heterocycles. The zero-order chi connectivity index (χ0) is 15.9. The number of esters is 1. The van der Waals surface area contributed by atoms with Gasteiger partial charge in [0.2, 0.25) is 5.91 Å². The fourth-order valence-corrected chi connectivity index (χ4v) is 4.57. The van der Waals surface area contributed by atoms with Crippen LogP contribution in [0.3, 0.4) is 0 Å². The van der Waals surface area contributed by atoms with Gasteiger partial charge in [-0.1, -0.05) is 30.4 Å². The van der Waals surface area contributed by atoms with Gasteiger partial charge in [0.15, 0.2) is 0 Å². The van der Waals surface area contributed by atoms with Crippen molar-refractivity contribution < 1.29 is 14.3 Å². The van der Waals surface area contributed by atoms with Gasteiger partial charge in [0, 0.05) is 10.6 Å². The summed E-state index contributed by atoms with van der Waals surface area (Å²) in [5.41, 5.74) is 0.439. The minimum atomic E-state index is -0.392. The number of aryl methyl sites for hydroxylation is 1. The Morgan fingerprint density at radius 2 is 2.27 bits per heavy atom. The van der Waals surface area contributed by atoms with E-state index in [-0.39, 0.29) is 5.91 Å². The molecule has 1 N–H and O–H groups in total. The SMILES string of the molecule is CCOC(=O)c1cc(CC)sc1NC(=O)CSC1=NCCS1. The smallest absolute Gasteiger partial charge is 0.341 e. The molecule has 2 heterocycles. The second kappa shape index (κ2) is 8.59. The van der Waals surface area contributed by atoms with Crippen LogP contribution in [0.2, 0.25) is 0 Å². The molecule has 1 amide bonds. The molecule has 1 aliphatic heterocycles. The van der Waals surface area contributed by atoms with E-state index in [1.807, 2.05) is 6.92 Å². The number of nitrogens with one attached hydrogen (secondary N) is 1. The van der Waals surface area contributed by atoms with Gasteiger partial charge in [0.05, 0.1) is 24.5 Å². The molecule has 1 aliphatic rings. The van der Waals surface area contributed by atoms with E-state index in [0.29, 0.717) is 22.9 Å².